The molecule has 0 amide bonds. The Balaban J connectivity index is 0.000000268. The summed E-state index contributed by atoms with van der Waals surface area (Å²) in [5, 5.41) is 12.9. The minimum absolute atomic E-state index is 0.163. The maximum atomic E-state index is 6.89. The molecular weight excluding hydrogens is 1000 g/mol. The van der Waals surface area contributed by atoms with Crippen LogP contribution in [0.25, 0.3) is 21.5 Å². The monoisotopic (exact) mass is 1050 g/mol. The minimum atomic E-state index is -1.42. The van der Waals surface area contributed by atoms with Gasteiger partial charge in [-0.2, -0.15) is 0 Å². The zero-order valence-electron chi connectivity index (χ0n) is 36.6. The Morgan fingerprint density at radius 2 is 0.612 bits per heavy atom. The van der Waals surface area contributed by atoms with Crippen molar-refractivity contribution in [1.82, 2.24) is 0 Å². The number of rotatable bonds is 11. The van der Waals surface area contributed by atoms with Crippen molar-refractivity contribution in [3.05, 3.63) is 277 Å². The first-order valence-corrected chi connectivity index (χ1v) is 29.9. The van der Waals surface area contributed by atoms with Crippen molar-refractivity contribution < 1.29 is 15.1 Å². The molecule has 10 aromatic carbocycles. The Labute approximate surface area is 418 Å². The molecule has 0 heterocycles. The summed E-state index contributed by atoms with van der Waals surface area (Å²) in [7, 11) is 6.87. The second-order valence-electron chi connectivity index (χ2n) is 15.9. The third-order valence-electron chi connectivity index (χ3n) is 11.9. The van der Waals surface area contributed by atoms with Crippen molar-refractivity contribution in [2.24, 2.45) is 11.5 Å². The molecule has 0 fully saturated rings. The third kappa shape index (κ3) is 11.6. The number of hydrogen-bond donors (Lipinski definition) is 2. The summed E-state index contributed by atoms with van der Waals surface area (Å²) >= 11 is 6.54. The Kier molecular flexibility index (Phi) is 17.4. The van der Waals surface area contributed by atoms with Crippen LogP contribution in [-0.2, 0) is 15.1 Å². The van der Waals surface area contributed by atoms with E-state index in [-0.39, 0.29) is 27.2 Å². The molecule has 330 valence electrons. The van der Waals surface area contributed by atoms with Crippen LogP contribution in [0.3, 0.4) is 0 Å². The SMILES string of the molecule is NC(c1ccccc1)C(N)c1ccccc1.S=C(c1c([PH+](c2ccccc2)c2ccccc2)ccc2ccccc12)c1c([PH+](c2ccccc2)c2ccccc2)ccc2ccccc12.[Cl][Ru+2][Cl]. The van der Waals surface area contributed by atoms with Crippen LogP contribution >= 0.6 is 47.4 Å². The summed E-state index contributed by atoms with van der Waals surface area (Å²) in [5.74, 6) is 0. The molecule has 0 aliphatic heterocycles. The molecule has 2 nitrogen and oxygen atoms in total. The maximum absolute atomic E-state index is 6.89. The summed E-state index contributed by atoms with van der Waals surface area (Å²) in [6, 6.07) is 90.5. The Bertz CT molecular complexity index is 2840. The second-order valence-corrected chi connectivity index (χ2v) is 23.8. The fourth-order valence-corrected chi connectivity index (χ4v) is 14.9. The summed E-state index contributed by atoms with van der Waals surface area (Å²) < 4.78 is 0. The first-order chi connectivity index (χ1) is 33.0. The van der Waals surface area contributed by atoms with Gasteiger partial charge in [-0.05, 0) is 93.3 Å². The predicted octanol–water partition coefficient (Wildman–Crippen LogP) is 12.5. The average molecular weight is 1050 g/mol. The van der Waals surface area contributed by atoms with Gasteiger partial charge >= 0.3 is 34.5 Å². The number of thiocarbonyl (C=S) groups is 1. The van der Waals surface area contributed by atoms with Crippen LogP contribution in [0.15, 0.2) is 255 Å². The van der Waals surface area contributed by atoms with Gasteiger partial charge in [0.1, 0.15) is 31.8 Å². The number of fused-ring (bicyclic) bond motifs is 2. The van der Waals surface area contributed by atoms with Crippen molar-refractivity contribution in [2.45, 2.75) is 12.1 Å². The van der Waals surface area contributed by atoms with E-state index in [1.165, 1.54) is 64.5 Å². The van der Waals surface area contributed by atoms with Crippen molar-refractivity contribution in [2.75, 3.05) is 0 Å². The molecule has 0 saturated heterocycles. The van der Waals surface area contributed by atoms with E-state index in [1.807, 2.05) is 60.7 Å². The molecule has 0 saturated carbocycles. The van der Waals surface area contributed by atoms with Crippen LogP contribution in [0.5, 0.6) is 0 Å². The summed E-state index contributed by atoms with van der Waals surface area (Å²) in [6.45, 7) is 0. The molecule has 8 heteroatoms. The van der Waals surface area contributed by atoms with E-state index in [0.717, 1.165) is 16.0 Å². The molecule has 0 aromatic heterocycles. The molecule has 0 aliphatic rings. The number of benzene rings is 10. The van der Waals surface area contributed by atoms with Gasteiger partial charge in [-0.15, -0.1) is 0 Å². The van der Waals surface area contributed by atoms with Crippen LogP contribution in [0.1, 0.15) is 34.3 Å². The van der Waals surface area contributed by atoms with E-state index in [4.69, 9.17) is 43.1 Å². The molecule has 2 atom stereocenters. The molecule has 0 bridgehead atoms. The Morgan fingerprint density at radius 1 is 0.358 bits per heavy atom. The fraction of sp³-hybridized carbons (Fsp3) is 0.0339. The number of nitrogens with two attached hydrogens (primary N) is 2. The van der Waals surface area contributed by atoms with Gasteiger partial charge in [0, 0.05) is 23.2 Å². The van der Waals surface area contributed by atoms with Crippen LogP contribution in [-0.4, -0.2) is 4.86 Å². The van der Waals surface area contributed by atoms with E-state index in [1.54, 1.807) is 0 Å². The van der Waals surface area contributed by atoms with Crippen molar-refractivity contribution >= 4 is 106 Å². The third-order valence-corrected chi connectivity index (χ3v) is 17.8. The molecule has 10 aromatic rings. The van der Waals surface area contributed by atoms with E-state index < -0.39 is 15.8 Å². The van der Waals surface area contributed by atoms with Crippen molar-refractivity contribution in [3.63, 3.8) is 0 Å². The summed E-state index contributed by atoms with van der Waals surface area (Å²) in [5.41, 5.74) is 16.8. The molecule has 4 N–H and O–H groups in total. The van der Waals surface area contributed by atoms with Crippen LogP contribution in [0.2, 0.25) is 0 Å². The molecule has 67 heavy (non-hydrogen) atoms. The normalized spacial score (nSPS) is 11.9. The predicted molar refractivity (Wildman–Crippen MR) is 297 cm³/mol. The van der Waals surface area contributed by atoms with Crippen LogP contribution in [0.4, 0.5) is 0 Å². The van der Waals surface area contributed by atoms with E-state index >= 15 is 0 Å². The van der Waals surface area contributed by atoms with Gasteiger partial charge < -0.3 is 11.5 Å². The van der Waals surface area contributed by atoms with Gasteiger partial charge in [-0.3, -0.25) is 0 Å². The van der Waals surface area contributed by atoms with Gasteiger partial charge in [0.05, 0.1) is 20.7 Å². The van der Waals surface area contributed by atoms with Crippen LogP contribution < -0.4 is 43.3 Å². The zero-order chi connectivity index (χ0) is 46.4. The first-order valence-electron chi connectivity index (χ1n) is 22.0. The van der Waals surface area contributed by atoms with E-state index in [9.17, 15) is 0 Å². The Hall–Kier alpha value is -5.21. The number of hydrogen-bond acceptors (Lipinski definition) is 3. The number of halogens is 2. The molecule has 2 unspecified atom stereocenters. The molecule has 10 rings (SSSR count). The van der Waals surface area contributed by atoms with Gasteiger partial charge in [-0.1, -0.05) is 206 Å². The van der Waals surface area contributed by atoms with Gasteiger partial charge in [-0.25, -0.2) is 0 Å². The topological polar surface area (TPSA) is 52.0 Å². The Morgan fingerprint density at radius 3 is 0.910 bits per heavy atom. The fourth-order valence-electron chi connectivity index (χ4n) is 8.71. The van der Waals surface area contributed by atoms with Crippen molar-refractivity contribution in [3.8, 4) is 0 Å². The zero-order valence-corrected chi connectivity index (χ0v) is 42.6. The van der Waals surface area contributed by atoms with Gasteiger partial charge in [0.15, 0.2) is 0 Å². The van der Waals surface area contributed by atoms with E-state index in [2.05, 4.69) is 194 Å². The first kappa shape index (κ1) is 48.3. The summed E-state index contributed by atoms with van der Waals surface area (Å²) in [4.78, 5) is 0.928. The van der Waals surface area contributed by atoms with Crippen molar-refractivity contribution in [1.29, 1.82) is 0 Å². The van der Waals surface area contributed by atoms with Gasteiger partial charge in [0.25, 0.3) is 0 Å². The second kappa shape index (κ2) is 24.2. The molecular formula is C59H50Cl2N2P2RuS+4. The average Bonchev–Trinajstić information content (AvgIpc) is 3.40. The van der Waals surface area contributed by atoms with E-state index in [0.29, 0.717) is 0 Å². The summed E-state index contributed by atoms with van der Waals surface area (Å²) in [6.07, 6.45) is 0. The standard InChI is InChI=1S/C45H32P2S.C14H16N2.2ClH.Ru/c48-45(43-39-27-15-13-17-33(39)29-31-41(43)46(35-19-5-1-6-20-35)36-21-7-2-8-22-36)44-40-28-16-14-18-34(40)30-32-42(44)47(37-23-9-3-10-24-37)38-25-11-4-12-26-38;15-13(11-7-3-1-4-8-11)14(16)12-9-5-2-6-10-12;;;/h1-32H;1-10,13-14H,15-16H2;2*1H;/q;;;;+4. The van der Waals surface area contributed by atoms with Gasteiger partial charge in [0.2, 0.25) is 0 Å². The molecule has 0 aliphatic carbocycles. The molecule has 0 radical (unpaired) electrons. The quantitative estimate of drug-likeness (QED) is 0.0587. The van der Waals surface area contributed by atoms with Crippen LogP contribution in [0, 0.1) is 0 Å². The molecule has 0 spiro atoms.